The van der Waals surface area contributed by atoms with Crippen LogP contribution in [0.3, 0.4) is 0 Å². The van der Waals surface area contributed by atoms with E-state index in [-0.39, 0.29) is 0 Å². The van der Waals surface area contributed by atoms with E-state index in [0.717, 1.165) is 53.5 Å². The number of nitrogens with zero attached hydrogens (tertiary/aromatic N) is 1. The normalized spacial score (nSPS) is 17.5. The minimum atomic E-state index is -0.877. The van der Waals surface area contributed by atoms with Gasteiger partial charge in [-0.1, -0.05) is 18.3 Å². The third kappa shape index (κ3) is 4.33. The van der Waals surface area contributed by atoms with Crippen molar-refractivity contribution in [2.24, 2.45) is 0 Å². The van der Waals surface area contributed by atoms with Gasteiger partial charge in [0, 0.05) is 22.0 Å². The molecule has 1 saturated carbocycles. The van der Waals surface area contributed by atoms with Gasteiger partial charge in [0.2, 0.25) is 0 Å². The van der Waals surface area contributed by atoms with Gasteiger partial charge >= 0.3 is 5.97 Å². The number of thioether (sulfide) groups is 1. The molecule has 1 aliphatic carbocycles. The fraction of sp³-hybridized carbons (Fsp3) is 0.400. The average Bonchev–Trinajstić information content (AvgIpc) is 2.61. The number of hydrogen-bond donors (Lipinski definition) is 2. The van der Waals surface area contributed by atoms with Crippen molar-refractivity contribution in [2.75, 3.05) is 0 Å². The molecule has 0 amide bonds. The lowest BCUT2D eigenvalue weighted by atomic mass is 9.85. The van der Waals surface area contributed by atoms with Gasteiger partial charge in [-0.2, -0.15) is 0 Å². The number of aliphatic carboxylic acids is 1. The van der Waals surface area contributed by atoms with Crippen molar-refractivity contribution in [1.82, 2.24) is 4.98 Å². The predicted molar refractivity (Wildman–Crippen MR) is 99.6 cm³/mol. The molecule has 0 saturated heterocycles. The van der Waals surface area contributed by atoms with E-state index in [2.05, 4.69) is 16.8 Å². The summed E-state index contributed by atoms with van der Waals surface area (Å²) in [5.41, 5.74) is 0.742. The summed E-state index contributed by atoms with van der Waals surface area (Å²) >= 11 is 1.30. The first-order chi connectivity index (χ1) is 12.0. The molecule has 3 rings (SSSR count). The highest BCUT2D eigenvalue weighted by Gasteiger charge is 2.26. The van der Waals surface area contributed by atoms with Crippen molar-refractivity contribution in [3.63, 3.8) is 0 Å². The lowest BCUT2D eigenvalue weighted by Gasteiger charge is -2.26. The van der Waals surface area contributed by atoms with Crippen LogP contribution >= 0.6 is 11.8 Å². The number of carboxylic acid groups (broad SMARTS) is 1. The van der Waals surface area contributed by atoms with Gasteiger partial charge < -0.3 is 10.2 Å². The molecular formula is C20H21NO3S. The van der Waals surface area contributed by atoms with E-state index in [1.165, 1.54) is 11.8 Å². The topological polar surface area (TPSA) is 70.4 Å². The molecule has 1 heterocycles. The summed E-state index contributed by atoms with van der Waals surface area (Å²) in [4.78, 5) is 16.3. The van der Waals surface area contributed by atoms with E-state index in [4.69, 9.17) is 5.11 Å². The van der Waals surface area contributed by atoms with Crippen LogP contribution in [0, 0.1) is 11.8 Å². The van der Waals surface area contributed by atoms with E-state index < -0.39 is 16.8 Å². The third-order valence-electron chi connectivity index (χ3n) is 4.47. The Hall–Kier alpha value is -2.03. The second-order valence-electron chi connectivity index (χ2n) is 6.48. The van der Waals surface area contributed by atoms with Crippen molar-refractivity contribution < 1.29 is 15.0 Å². The number of rotatable bonds is 3. The minimum Gasteiger partial charge on any atom is -0.480 e. The van der Waals surface area contributed by atoms with Gasteiger partial charge in [-0.05, 0) is 56.9 Å². The number of carbonyl (C=O) groups is 1. The highest BCUT2D eigenvalue weighted by Crippen LogP contribution is 2.31. The molecule has 4 nitrogen and oxygen atoms in total. The highest BCUT2D eigenvalue weighted by atomic mass is 32.2. The number of hydrogen-bond acceptors (Lipinski definition) is 4. The Balaban J connectivity index is 1.92. The number of aliphatic hydroxyl groups is 1. The second kappa shape index (κ2) is 7.47. The molecule has 2 aromatic rings. The summed E-state index contributed by atoms with van der Waals surface area (Å²) in [6.07, 6.45) is 6.34. The molecule has 0 aliphatic heterocycles. The largest absolute Gasteiger partial charge is 0.480 e. The summed E-state index contributed by atoms with van der Waals surface area (Å²) in [6.45, 7) is 1.67. The first-order valence-corrected chi connectivity index (χ1v) is 9.39. The van der Waals surface area contributed by atoms with Gasteiger partial charge in [0.25, 0.3) is 0 Å². The number of pyridine rings is 1. The maximum absolute atomic E-state index is 11.1. The Bertz CT molecular complexity index is 847. The molecule has 1 aliphatic rings. The van der Waals surface area contributed by atoms with Gasteiger partial charge in [-0.3, -0.25) is 9.78 Å². The first kappa shape index (κ1) is 17.8. The zero-order chi connectivity index (χ0) is 17.9. The molecule has 1 unspecified atom stereocenters. The van der Waals surface area contributed by atoms with Crippen LogP contribution in [0.25, 0.3) is 10.9 Å². The van der Waals surface area contributed by atoms with E-state index in [1.54, 1.807) is 13.1 Å². The van der Waals surface area contributed by atoms with E-state index in [9.17, 15) is 9.90 Å². The lowest BCUT2D eigenvalue weighted by Crippen LogP contribution is -2.29. The third-order valence-corrected chi connectivity index (χ3v) is 5.64. The van der Waals surface area contributed by atoms with Gasteiger partial charge in [0.15, 0.2) is 0 Å². The molecule has 1 fully saturated rings. The molecule has 2 N–H and O–H groups in total. The molecule has 0 radical (unpaired) electrons. The predicted octanol–water partition coefficient (Wildman–Crippen LogP) is 3.85. The molecule has 0 bridgehead atoms. The summed E-state index contributed by atoms with van der Waals surface area (Å²) in [5.74, 6) is 5.30. The van der Waals surface area contributed by atoms with Crippen LogP contribution in [0.1, 0.15) is 44.6 Å². The summed E-state index contributed by atoms with van der Waals surface area (Å²) < 4.78 is 0. The number of benzene rings is 1. The van der Waals surface area contributed by atoms with Crippen LogP contribution in [0.4, 0.5) is 0 Å². The van der Waals surface area contributed by atoms with Crippen LogP contribution in [0.2, 0.25) is 0 Å². The average molecular weight is 355 g/mol. The molecule has 1 aromatic heterocycles. The molecule has 5 heteroatoms. The minimum absolute atomic E-state index is 0.539. The van der Waals surface area contributed by atoms with Crippen LogP contribution < -0.4 is 0 Å². The van der Waals surface area contributed by atoms with Gasteiger partial charge in [-0.25, -0.2) is 0 Å². The molecule has 25 heavy (non-hydrogen) atoms. The Morgan fingerprint density at radius 3 is 2.76 bits per heavy atom. The van der Waals surface area contributed by atoms with Crippen LogP contribution in [-0.4, -0.2) is 32.0 Å². The fourth-order valence-corrected chi connectivity index (χ4v) is 3.90. The van der Waals surface area contributed by atoms with E-state index >= 15 is 0 Å². The molecular weight excluding hydrogens is 334 g/mol. The van der Waals surface area contributed by atoms with Gasteiger partial charge in [0.1, 0.15) is 10.9 Å². The first-order valence-electron chi connectivity index (χ1n) is 8.51. The second-order valence-corrected chi connectivity index (χ2v) is 7.86. The number of aromatic nitrogens is 1. The number of fused-ring (bicyclic) bond motifs is 1. The summed E-state index contributed by atoms with van der Waals surface area (Å²) in [5, 5.41) is 20.0. The SMILES string of the molecule is CC(Sc1ccnc2ccc(C#CC3(O)CCCCC3)cc12)C(=O)O. The summed E-state index contributed by atoms with van der Waals surface area (Å²) in [6, 6.07) is 7.54. The lowest BCUT2D eigenvalue weighted by molar-refractivity contribution is -0.136. The van der Waals surface area contributed by atoms with E-state index in [1.807, 2.05) is 24.3 Å². The molecule has 0 spiro atoms. The Kier molecular flexibility index (Phi) is 5.31. The Morgan fingerprint density at radius 2 is 2.04 bits per heavy atom. The van der Waals surface area contributed by atoms with Crippen molar-refractivity contribution in [2.45, 2.75) is 54.8 Å². The van der Waals surface area contributed by atoms with Crippen molar-refractivity contribution in [3.8, 4) is 11.8 Å². The Labute approximate surface area is 151 Å². The highest BCUT2D eigenvalue weighted by molar-refractivity contribution is 8.00. The molecule has 1 atom stereocenters. The van der Waals surface area contributed by atoms with E-state index in [0.29, 0.717) is 0 Å². The monoisotopic (exact) mass is 355 g/mol. The maximum atomic E-state index is 11.1. The standard InChI is InChI=1S/C20H21NO3S/c1-14(19(22)23)25-18-8-12-21-17-6-5-15(13-16(17)18)7-11-20(24)9-3-2-4-10-20/h5-6,8,12-14,24H,2-4,9-10H2,1H3,(H,22,23). The smallest absolute Gasteiger partial charge is 0.316 e. The van der Waals surface area contributed by atoms with Gasteiger partial charge in [0.05, 0.1) is 5.52 Å². The van der Waals surface area contributed by atoms with Crippen LogP contribution in [-0.2, 0) is 4.79 Å². The fourth-order valence-electron chi connectivity index (χ4n) is 2.99. The molecule has 130 valence electrons. The Morgan fingerprint density at radius 1 is 1.28 bits per heavy atom. The zero-order valence-corrected chi connectivity index (χ0v) is 15.0. The zero-order valence-electron chi connectivity index (χ0n) is 14.2. The van der Waals surface area contributed by atoms with Crippen molar-refractivity contribution in [3.05, 3.63) is 36.0 Å². The quantitative estimate of drug-likeness (QED) is 0.646. The summed E-state index contributed by atoms with van der Waals surface area (Å²) in [7, 11) is 0. The van der Waals surface area contributed by atoms with Crippen LogP contribution in [0.15, 0.2) is 35.4 Å². The van der Waals surface area contributed by atoms with Crippen molar-refractivity contribution in [1.29, 1.82) is 0 Å². The van der Waals surface area contributed by atoms with Crippen molar-refractivity contribution >= 4 is 28.6 Å². The van der Waals surface area contributed by atoms with Crippen LogP contribution in [0.5, 0.6) is 0 Å². The molecule has 1 aromatic carbocycles. The number of carboxylic acids is 1. The maximum Gasteiger partial charge on any atom is 0.316 e. The van der Waals surface area contributed by atoms with Gasteiger partial charge in [-0.15, -0.1) is 11.8 Å².